The van der Waals surface area contributed by atoms with Crippen LogP contribution in [-0.2, 0) is 0 Å². The summed E-state index contributed by atoms with van der Waals surface area (Å²) in [7, 11) is 0. The molecule has 0 atom stereocenters. The molecular weight excluding hydrogens is 224 g/mol. The molecule has 1 aromatic heterocycles. The van der Waals surface area contributed by atoms with Crippen LogP contribution < -0.4 is 11.1 Å². The van der Waals surface area contributed by atoms with E-state index in [2.05, 4.69) is 33.5 Å². The van der Waals surface area contributed by atoms with Crippen molar-refractivity contribution in [3.63, 3.8) is 0 Å². The van der Waals surface area contributed by atoms with Crippen LogP contribution >= 0.6 is 0 Å². The standard InChI is InChI=1S/C14H12N4/c15-12-8-16-9-17-14(12)18-13-7-3-5-10-4-1-2-6-11(10)13/h1-9H,15H2,(H,16,17,18). The molecule has 0 saturated heterocycles. The van der Waals surface area contributed by atoms with E-state index < -0.39 is 0 Å². The summed E-state index contributed by atoms with van der Waals surface area (Å²) in [6.45, 7) is 0. The van der Waals surface area contributed by atoms with E-state index in [0.717, 1.165) is 11.1 Å². The molecule has 0 unspecified atom stereocenters. The van der Waals surface area contributed by atoms with E-state index in [4.69, 9.17) is 5.73 Å². The number of anilines is 3. The molecule has 0 aliphatic rings. The van der Waals surface area contributed by atoms with Crippen LogP contribution in [0.25, 0.3) is 10.8 Å². The van der Waals surface area contributed by atoms with Gasteiger partial charge in [-0.3, -0.25) is 0 Å². The molecule has 3 rings (SSSR count). The fraction of sp³-hybridized carbons (Fsp3) is 0. The number of nitrogen functional groups attached to an aromatic ring is 1. The summed E-state index contributed by atoms with van der Waals surface area (Å²) in [6, 6.07) is 14.2. The summed E-state index contributed by atoms with van der Waals surface area (Å²) in [5.74, 6) is 0.626. The van der Waals surface area contributed by atoms with Gasteiger partial charge in [0.05, 0.1) is 11.9 Å². The van der Waals surface area contributed by atoms with Gasteiger partial charge in [-0.15, -0.1) is 0 Å². The maximum Gasteiger partial charge on any atom is 0.157 e. The van der Waals surface area contributed by atoms with Gasteiger partial charge in [-0.1, -0.05) is 36.4 Å². The summed E-state index contributed by atoms with van der Waals surface area (Å²) in [6.07, 6.45) is 3.06. The van der Waals surface area contributed by atoms with Crippen molar-refractivity contribution in [3.8, 4) is 0 Å². The molecule has 0 radical (unpaired) electrons. The minimum absolute atomic E-state index is 0.533. The zero-order valence-corrected chi connectivity index (χ0v) is 9.67. The van der Waals surface area contributed by atoms with Gasteiger partial charge < -0.3 is 11.1 Å². The second kappa shape index (κ2) is 4.33. The van der Waals surface area contributed by atoms with Crippen LogP contribution in [0, 0.1) is 0 Å². The van der Waals surface area contributed by atoms with Crippen molar-refractivity contribution in [2.24, 2.45) is 0 Å². The zero-order chi connectivity index (χ0) is 12.4. The number of fused-ring (bicyclic) bond motifs is 1. The van der Waals surface area contributed by atoms with Crippen LogP contribution in [0.15, 0.2) is 55.0 Å². The van der Waals surface area contributed by atoms with Gasteiger partial charge in [-0.25, -0.2) is 9.97 Å². The third-order valence-corrected chi connectivity index (χ3v) is 2.78. The number of benzene rings is 2. The van der Waals surface area contributed by atoms with Crippen molar-refractivity contribution in [2.45, 2.75) is 0 Å². The third-order valence-electron chi connectivity index (χ3n) is 2.78. The summed E-state index contributed by atoms with van der Waals surface area (Å²) in [4.78, 5) is 8.01. The molecule has 3 N–H and O–H groups in total. The molecule has 0 saturated carbocycles. The van der Waals surface area contributed by atoms with Crippen molar-refractivity contribution in [1.29, 1.82) is 0 Å². The number of rotatable bonds is 2. The minimum Gasteiger partial charge on any atom is -0.394 e. The molecule has 0 fully saturated rings. The maximum atomic E-state index is 5.82. The summed E-state index contributed by atoms with van der Waals surface area (Å²) in [5.41, 5.74) is 7.34. The Morgan fingerprint density at radius 1 is 1.00 bits per heavy atom. The summed E-state index contributed by atoms with van der Waals surface area (Å²) in [5, 5.41) is 5.55. The molecule has 2 aromatic carbocycles. The Labute approximate surface area is 104 Å². The molecule has 4 nitrogen and oxygen atoms in total. The second-order valence-corrected chi connectivity index (χ2v) is 3.98. The molecule has 18 heavy (non-hydrogen) atoms. The predicted octanol–water partition coefficient (Wildman–Crippen LogP) is 2.96. The second-order valence-electron chi connectivity index (χ2n) is 3.98. The number of nitrogens with zero attached hydrogens (tertiary/aromatic N) is 2. The van der Waals surface area contributed by atoms with Crippen molar-refractivity contribution in [3.05, 3.63) is 55.0 Å². The smallest absolute Gasteiger partial charge is 0.157 e. The van der Waals surface area contributed by atoms with Crippen LogP contribution in [0.1, 0.15) is 0 Å². The van der Waals surface area contributed by atoms with E-state index in [-0.39, 0.29) is 0 Å². The Morgan fingerprint density at radius 2 is 1.83 bits per heavy atom. The first-order valence-corrected chi connectivity index (χ1v) is 5.65. The number of hydrogen-bond donors (Lipinski definition) is 2. The first-order chi connectivity index (χ1) is 8.84. The highest BCUT2D eigenvalue weighted by atomic mass is 15.0. The molecule has 1 heterocycles. The van der Waals surface area contributed by atoms with Crippen molar-refractivity contribution in [2.75, 3.05) is 11.1 Å². The molecule has 0 bridgehead atoms. The first-order valence-electron chi connectivity index (χ1n) is 5.65. The molecule has 3 aromatic rings. The van der Waals surface area contributed by atoms with Crippen LogP contribution in [0.4, 0.5) is 17.2 Å². The van der Waals surface area contributed by atoms with Gasteiger partial charge in [-0.05, 0) is 11.5 Å². The number of nitrogens with two attached hydrogens (primary N) is 1. The van der Waals surface area contributed by atoms with Gasteiger partial charge in [-0.2, -0.15) is 0 Å². The van der Waals surface area contributed by atoms with E-state index in [1.807, 2.05) is 24.3 Å². The van der Waals surface area contributed by atoms with E-state index in [0.29, 0.717) is 11.5 Å². The fourth-order valence-corrected chi connectivity index (χ4v) is 1.91. The lowest BCUT2D eigenvalue weighted by Gasteiger charge is -2.10. The molecule has 4 heteroatoms. The number of hydrogen-bond acceptors (Lipinski definition) is 4. The Hall–Kier alpha value is -2.62. The topological polar surface area (TPSA) is 63.8 Å². The summed E-state index contributed by atoms with van der Waals surface area (Å²) >= 11 is 0. The van der Waals surface area contributed by atoms with E-state index in [1.54, 1.807) is 6.20 Å². The van der Waals surface area contributed by atoms with Crippen LogP contribution in [0.2, 0.25) is 0 Å². The quantitative estimate of drug-likeness (QED) is 0.718. The highest BCUT2D eigenvalue weighted by molar-refractivity contribution is 5.95. The average Bonchev–Trinajstić information content (AvgIpc) is 2.42. The molecule has 0 spiro atoms. The van der Waals surface area contributed by atoms with Gasteiger partial charge in [0.1, 0.15) is 6.33 Å². The fourth-order valence-electron chi connectivity index (χ4n) is 1.91. The Bertz CT molecular complexity index is 689. The molecule has 0 aliphatic heterocycles. The SMILES string of the molecule is Nc1cncnc1Nc1cccc2ccccc12. The third kappa shape index (κ3) is 1.84. The van der Waals surface area contributed by atoms with Gasteiger partial charge in [0.2, 0.25) is 0 Å². The normalized spacial score (nSPS) is 10.4. The van der Waals surface area contributed by atoms with E-state index in [1.165, 1.54) is 11.7 Å². The van der Waals surface area contributed by atoms with Crippen LogP contribution in [0.3, 0.4) is 0 Å². The number of aromatic nitrogens is 2. The van der Waals surface area contributed by atoms with Crippen LogP contribution in [0.5, 0.6) is 0 Å². The lowest BCUT2D eigenvalue weighted by atomic mass is 10.1. The highest BCUT2D eigenvalue weighted by Crippen LogP contribution is 2.27. The van der Waals surface area contributed by atoms with Crippen LogP contribution in [-0.4, -0.2) is 9.97 Å². The lowest BCUT2D eigenvalue weighted by molar-refractivity contribution is 1.17. The van der Waals surface area contributed by atoms with Crippen molar-refractivity contribution < 1.29 is 0 Å². The molecule has 0 amide bonds. The predicted molar refractivity (Wildman–Crippen MR) is 73.7 cm³/mol. The van der Waals surface area contributed by atoms with E-state index in [9.17, 15) is 0 Å². The monoisotopic (exact) mass is 236 g/mol. The van der Waals surface area contributed by atoms with Gasteiger partial charge in [0, 0.05) is 11.1 Å². The lowest BCUT2D eigenvalue weighted by Crippen LogP contribution is -1.99. The largest absolute Gasteiger partial charge is 0.394 e. The van der Waals surface area contributed by atoms with Gasteiger partial charge in [0.15, 0.2) is 5.82 Å². The Morgan fingerprint density at radius 3 is 2.72 bits per heavy atom. The first kappa shape index (κ1) is 10.5. The average molecular weight is 236 g/mol. The maximum absolute atomic E-state index is 5.82. The van der Waals surface area contributed by atoms with Crippen molar-refractivity contribution >= 4 is 28.0 Å². The van der Waals surface area contributed by atoms with Crippen molar-refractivity contribution in [1.82, 2.24) is 9.97 Å². The molecule has 88 valence electrons. The van der Waals surface area contributed by atoms with Gasteiger partial charge in [0.25, 0.3) is 0 Å². The zero-order valence-electron chi connectivity index (χ0n) is 9.67. The summed E-state index contributed by atoms with van der Waals surface area (Å²) < 4.78 is 0. The van der Waals surface area contributed by atoms with Gasteiger partial charge >= 0.3 is 0 Å². The highest BCUT2D eigenvalue weighted by Gasteiger charge is 2.03. The Balaban J connectivity index is 2.08. The number of nitrogens with one attached hydrogen (secondary N) is 1. The van der Waals surface area contributed by atoms with E-state index >= 15 is 0 Å². The Kier molecular flexibility index (Phi) is 2.53. The molecular formula is C14H12N4. The minimum atomic E-state index is 0.533. The molecule has 0 aliphatic carbocycles.